The molecule has 2 heterocycles. The van der Waals surface area contributed by atoms with E-state index in [0.717, 1.165) is 0 Å². The van der Waals surface area contributed by atoms with Gasteiger partial charge >= 0.3 is 6.03 Å². The monoisotopic (exact) mass is 326 g/mol. The molecule has 2 amide bonds. The summed E-state index contributed by atoms with van der Waals surface area (Å²) in [4.78, 5) is 11.9. The highest BCUT2D eigenvalue weighted by Gasteiger charge is 2.27. The number of nitrogens with one attached hydrogen (secondary N) is 2. The molecule has 2 N–H and O–H groups in total. The van der Waals surface area contributed by atoms with Gasteiger partial charge in [0, 0.05) is 18.3 Å². The predicted molar refractivity (Wildman–Crippen MR) is 81.2 cm³/mol. The Labute approximate surface area is 128 Å². The second-order valence-corrected chi connectivity index (χ2v) is 7.69. The average molecular weight is 326 g/mol. The first kappa shape index (κ1) is 15.0. The number of hydrogen-bond donors (Lipinski definition) is 2. The molecule has 3 rings (SSSR count). The van der Waals surface area contributed by atoms with Crippen LogP contribution in [0.5, 0.6) is 11.5 Å². The van der Waals surface area contributed by atoms with E-state index in [2.05, 4.69) is 10.6 Å². The lowest BCUT2D eigenvalue weighted by molar-refractivity contribution is 0.171. The van der Waals surface area contributed by atoms with Crippen molar-refractivity contribution in [1.82, 2.24) is 5.32 Å². The van der Waals surface area contributed by atoms with Crippen LogP contribution in [0.25, 0.3) is 0 Å². The topological polar surface area (TPSA) is 93.7 Å². The van der Waals surface area contributed by atoms with Crippen LogP contribution in [-0.2, 0) is 9.84 Å². The summed E-state index contributed by atoms with van der Waals surface area (Å²) in [6.45, 7) is 1.36. The van der Waals surface area contributed by atoms with E-state index in [-0.39, 0.29) is 23.5 Å². The lowest BCUT2D eigenvalue weighted by atomic mass is 10.1. The minimum Gasteiger partial charge on any atom is -0.486 e. The Bertz CT molecular complexity index is 674. The van der Waals surface area contributed by atoms with Crippen LogP contribution in [0.3, 0.4) is 0 Å². The van der Waals surface area contributed by atoms with E-state index in [0.29, 0.717) is 43.4 Å². The van der Waals surface area contributed by atoms with E-state index < -0.39 is 9.84 Å². The number of fused-ring (bicyclic) bond motifs is 1. The zero-order valence-corrected chi connectivity index (χ0v) is 12.8. The number of amides is 2. The van der Waals surface area contributed by atoms with Gasteiger partial charge in [-0.25, -0.2) is 13.2 Å². The van der Waals surface area contributed by atoms with Gasteiger partial charge in [0.2, 0.25) is 0 Å². The van der Waals surface area contributed by atoms with Crippen molar-refractivity contribution >= 4 is 21.6 Å². The van der Waals surface area contributed by atoms with Crippen LogP contribution >= 0.6 is 0 Å². The first-order valence-corrected chi connectivity index (χ1v) is 8.99. The van der Waals surface area contributed by atoms with Gasteiger partial charge in [0.15, 0.2) is 21.3 Å². The van der Waals surface area contributed by atoms with E-state index in [1.165, 1.54) is 0 Å². The molecule has 0 saturated carbocycles. The number of benzene rings is 1. The van der Waals surface area contributed by atoms with Crippen LogP contribution in [0.1, 0.15) is 6.42 Å². The maximum absolute atomic E-state index is 11.9. The second kappa shape index (κ2) is 6.04. The highest BCUT2D eigenvalue weighted by Crippen LogP contribution is 2.32. The molecular formula is C14H18N2O5S. The summed E-state index contributed by atoms with van der Waals surface area (Å²) >= 11 is 0. The predicted octanol–water partition coefficient (Wildman–Crippen LogP) is 1.01. The van der Waals surface area contributed by atoms with E-state index in [1.54, 1.807) is 18.2 Å². The number of ether oxygens (including phenoxy) is 2. The lowest BCUT2D eigenvalue weighted by Crippen LogP contribution is -2.33. The molecule has 22 heavy (non-hydrogen) atoms. The van der Waals surface area contributed by atoms with E-state index >= 15 is 0 Å². The van der Waals surface area contributed by atoms with Gasteiger partial charge in [-0.05, 0) is 24.5 Å². The van der Waals surface area contributed by atoms with Crippen LogP contribution < -0.4 is 20.1 Å². The van der Waals surface area contributed by atoms with Gasteiger partial charge in [-0.1, -0.05) is 0 Å². The van der Waals surface area contributed by atoms with Crippen molar-refractivity contribution in [2.75, 3.05) is 36.6 Å². The molecule has 120 valence electrons. The van der Waals surface area contributed by atoms with E-state index in [9.17, 15) is 13.2 Å². The number of carbonyl (C=O) groups excluding carboxylic acids is 1. The third-order valence-electron chi connectivity index (χ3n) is 3.68. The largest absolute Gasteiger partial charge is 0.486 e. The van der Waals surface area contributed by atoms with Gasteiger partial charge in [0.05, 0.1) is 11.5 Å². The molecule has 0 aliphatic carbocycles. The van der Waals surface area contributed by atoms with Crippen molar-refractivity contribution in [3.63, 3.8) is 0 Å². The average Bonchev–Trinajstić information content (AvgIpc) is 2.84. The minimum absolute atomic E-state index is 0.00369. The summed E-state index contributed by atoms with van der Waals surface area (Å²) in [5.74, 6) is 1.62. The van der Waals surface area contributed by atoms with Crippen molar-refractivity contribution in [1.29, 1.82) is 0 Å². The van der Waals surface area contributed by atoms with Crippen LogP contribution in [0, 0.1) is 5.92 Å². The summed E-state index contributed by atoms with van der Waals surface area (Å²) in [5, 5.41) is 5.41. The first-order valence-electron chi connectivity index (χ1n) is 7.17. The van der Waals surface area contributed by atoms with Crippen molar-refractivity contribution in [2.45, 2.75) is 6.42 Å². The second-order valence-electron chi connectivity index (χ2n) is 5.46. The number of sulfone groups is 1. The van der Waals surface area contributed by atoms with E-state index in [1.807, 2.05) is 0 Å². The maximum atomic E-state index is 11.9. The number of carbonyl (C=O) groups is 1. The van der Waals surface area contributed by atoms with Crippen molar-refractivity contribution in [3.05, 3.63) is 18.2 Å². The first-order chi connectivity index (χ1) is 10.5. The number of rotatable bonds is 3. The Morgan fingerprint density at radius 3 is 2.73 bits per heavy atom. The molecule has 1 unspecified atom stereocenters. The Balaban J connectivity index is 1.51. The standard InChI is InChI=1S/C14H18N2O5S/c17-14(15-8-10-3-6-22(18,19)9-10)16-11-1-2-12-13(7-11)21-5-4-20-12/h1-2,7,10H,3-6,8-9H2,(H2,15,16,17). The molecule has 1 aromatic rings. The molecule has 1 fully saturated rings. The van der Waals surface area contributed by atoms with Crippen molar-refractivity contribution in [2.24, 2.45) is 5.92 Å². The highest BCUT2D eigenvalue weighted by molar-refractivity contribution is 7.91. The van der Waals surface area contributed by atoms with Gasteiger partial charge in [0.25, 0.3) is 0 Å². The Hall–Kier alpha value is -1.96. The summed E-state index contributed by atoms with van der Waals surface area (Å²) in [6, 6.07) is 4.82. The molecule has 7 nitrogen and oxygen atoms in total. The van der Waals surface area contributed by atoms with E-state index in [4.69, 9.17) is 9.47 Å². The van der Waals surface area contributed by atoms with Crippen molar-refractivity contribution < 1.29 is 22.7 Å². The smallest absolute Gasteiger partial charge is 0.319 e. The molecule has 0 bridgehead atoms. The van der Waals surface area contributed by atoms with Crippen LogP contribution in [-0.4, -0.2) is 45.7 Å². The van der Waals surface area contributed by atoms with Crippen LogP contribution in [0.2, 0.25) is 0 Å². The third-order valence-corrected chi connectivity index (χ3v) is 5.52. The number of hydrogen-bond acceptors (Lipinski definition) is 5. The molecule has 2 aliphatic heterocycles. The Morgan fingerprint density at radius 1 is 1.23 bits per heavy atom. The van der Waals surface area contributed by atoms with Crippen LogP contribution in [0.15, 0.2) is 18.2 Å². The molecule has 1 saturated heterocycles. The fourth-order valence-electron chi connectivity index (χ4n) is 2.57. The number of urea groups is 1. The zero-order valence-electron chi connectivity index (χ0n) is 12.0. The normalized spacial score (nSPS) is 22.1. The molecule has 0 radical (unpaired) electrons. The van der Waals surface area contributed by atoms with Crippen molar-refractivity contribution in [3.8, 4) is 11.5 Å². The third kappa shape index (κ3) is 3.62. The van der Waals surface area contributed by atoms with Gasteiger partial charge in [-0.2, -0.15) is 0 Å². The molecule has 1 atom stereocenters. The summed E-state index contributed by atoms with van der Waals surface area (Å²) in [6.07, 6.45) is 0.604. The highest BCUT2D eigenvalue weighted by atomic mass is 32.2. The Kier molecular flexibility index (Phi) is 4.10. The zero-order chi connectivity index (χ0) is 15.6. The summed E-state index contributed by atoms with van der Waals surface area (Å²) in [7, 11) is -2.91. The molecule has 2 aliphatic rings. The lowest BCUT2D eigenvalue weighted by Gasteiger charge is -2.19. The molecule has 0 aromatic heterocycles. The van der Waals surface area contributed by atoms with Gasteiger partial charge < -0.3 is 20.1 Å². The SMILES string of the molecule is O=C(NCC1CCS(=O)(=O)C1)Nc1ccc2c(c1)OCCO2. The van der Waals surface area contributed by atoms with Gasteiger partial charge in [-0.15, -0.1) is 0 Å². The summed E-state index contributed by atoms with van der Waals surface area (Å²) in [5.41, 5.74) is 0.598. The minimum atomic E-state index is -2.91. The number of anilines is 1. The molecule has 1 aromatic carbocycles. The quantitative estimate of drug-likeness (QED) is 0.865. The fraction of sp³-hybridized carbons (Fsp3) is 0.500. The molecular weight excluding hydrogens is 308 g/mol. The van der Waals surface area contributed by atoms with Gasteiger partial charge in [-0.3, -0.25) is 0 Å². The fourth-order valence-corrected chi connectivity index (χ4v) is 4.43. The molecule has 0 spiro atoms. The van der Waals surface area contributed by atoms with Gasteiger partial charge in [0.1, 0.15) is 13.2 Å². The maximum Gasteiger partial charge on any atom is 0.319 e. The summed E-state index contributed by atoms with van der Waals surface area (Å²) < 4.78 is 33.6. The van der Waals surface area contributed by atoms with Crippen LogP contribution in [0.4, 0.5) is 10.5 Å². The molecule has 8 heteroatoms. The Morgan fingerprint density at radius 2 is 2.00 bits per heavy atom.